The van der Waals surface area contributed by atoms with Gasteiger partial charge < -0.3 is 4.74 Å². The molecule has 0 saturated carbocycles. The van der Waals surface area contributed by atoms with Crippen LogP contribution in [-0.4, -0.2) is 11.2 Å². The fraction of sp³-hybridized carbons (Fsp3) is 0.200. The number of benzene rings is 2. The fourth-order valence-corrected chi connectivity index (χ4v) is 2.33. The van der Waals surface area contributed by atoms with E-state index in [1.807, 2.05) is 36.6 Å². The van der Waals surface area contributed by atoms with Gasteiger partial charge in [0, 0.05) is 11.8 Å². The van der Waals surface area contributed by atoms with E-state index in [9.17, 15) is 10.1 Å². The average molecular weight is 289 g/mol. The molecule has 2 aromatic carbocycles. The van der Waals surface area contributed by atoms with Gasteiger partial charge in [0.2, 0.25) is 0 Å². The molecular formula is C15H15NO3S. The molecule has 104 valence electrons. The predicted molar refractivity (Wildman–Crippen MR) is 81.1 cm³/mol. The summed E-state index contributed by atoms with van der Waals surface area (Å²) in [5.74, 6) is 1.13. The van der Waals surface area contributed by atoms with Gasteiger partial charge in [0.1, 0.15) is 6.61 Å². The first-order valence-corrected chi connectivity index (χ1v) is 7.53. The van der Waals surface area contributed by atoms with E-state index in [4.69, 9.17) is 4.74 Å². The normalized spacial score (nSPS) is 10.2. The summed E-state index contributed by atoms with van der Waals surface area (Å²) in [5, 5.41) is 11.0. The minimum absolute atomic E-state index is 0.00536. The van der Waals surface area contributed by atoms with Crippen LogP contribution in [0.15, 0.2) is 48.5 Å². The Morgan fingerprint density at radius 3 is 2.55 bits per heavy atom. The number of rotatable bonds is 6. The summed E-state index contributed by atoms with van der Waals surface area (Å²) in [6.07, 6.45) is 1.99. The summed E-state index contributed by atoms with van der Waals surface area (Å²) >= 11 is 1.67. The average Bonchev–Trinajstić information content (AvgIpc) is 2.46. The van der Waals surface area contributed by atoms with Crippen LogP contribution in [0.2, 0.25) is 0 Å². The van der Waals surface area contributed by atoms with Gasteiger partial charge in [-0.25, -0.2) is 0 Å². The molecule has 0 aliphatic carbocycles. The number of thioether (sulfide) groups is 1. The Morgan fingerprint density at radius 1 is 1.15 bits per heavy atom. The van der Waals surface area contributed by atoms with Gasteiger partial charge in [-0.05, 0) is 23.4 Å². The Morgan fingerprint density at radius 2 is 1.90 bits per heavy atom. The van der Waals surface area contributed by atoms with Crippen LogP contribution >= 0.6 is 11.8 Å². The first-order chi connectivity index (χ1) is 9.70. The number of ether oxygens (including phenoxy) is 1. The Labute approximate surface area is 121 Å². The number of nitro benzene ring substituents is 1. The van der Waals surface area contributed by atoms with Crippen molar-refractivity contribution in [2.45, 2.75) is 12.4 Å². The molecule has 2 rings (SSSR count). The zero-order chi connectivity index (χ0) is 14.4. The van der Waals surface area contributed by atoms with E-state index >= 15 is 0 Å². The molecule has 0 aromatic heterocycles. The lowest BCUT2D eigenvalue weighted by Gasteiger charge is -2.08. The monoisotopic (exact) mass is 289 g/mol. The quantitative estimate of drug-likeness (QED) is 0.595. The highest BCUT2D eigenvalue weighted by molar-refractivity contribution is 7.97. The van der Waals surface area contributed by atoms with Crippen LogP contribution in [0.25, 0.3) is 0 Å². The molecule has 0 aliphatic heterocycles. The Bertz CT molecular complexity index is 587. The SMILES string of the molecule is CSCc1ccc([N+](=O)[O-])c(OCc2ccccc2)c1. The van der Waals surface area contributed by atoms with Gasteiger partial charge in [-0.1, -0.05) is 36.4 Å². The van der Waals surface area contributed by atoms with Gasteiger partial charge in [0.25, 0.3) is 0 Å². The van der Waals surface area contributed by atoms with E-state index in [1.54, 1.807) is 23.9 Å². The summed E-state index contributed by atoms with van der Waals surface area (Å²) in [5.41, 5.74) is 2.01. The Hall–Kier alpha value is -2.01. The molecule has 0 atom stereocenters. The topological polar surface area (TPSA) is 52.4 Å². The van der Waals surface area contributed by atoms with Crippen molar-refractivity contribution in [1.29, 1.82) is 0 Å². The summed E-state index contributed by atoms with van der Waals surface area (Å²) < 4.78 is 5.62. The number of hydrogen-bond donors (Lipinski definition) is 0. The summed E-state index contributed by atoms with van der Waals surface area (Å²) in [7, 11) is 0. The minimum Gasteiger partial charge on any atom is -0.482 e. The molecule has 5 heteroatoms. The lowest BCUT2D eigenvalue weighted by atomic mass is 10.2. The predicted octanol–water partition coefficient (Wildman–Crippen LogP) is 4.04. The highest BCUT2D eigenvalue weighted by atomic mass is 32.2. The molecule has 4 nitrogen and oxygen atoms in total. The first-order valence-electron chi connectivity index (χ1n) is 6.13. The van der Waals surface area contributed by atoms with E-state index in [1.165, 1.54) is 6.07 Å². The van der Waals surface area contributed by atoms with Gasteiger partial charge in [0.05, 0.1) is 4.92 Å². The molecule has 0 heterocycles. The fourth-order valence-electron chi connectivity index (χ4n) is 1.82. The van der Waals surface area contributed by atoms with Crippen molar-refractivity contribution < 1.29 is 9.66 Å². The van der Waals surface area contributed by atoms with Gasteiger partial charge in [-0.2, -0.15) is 11.8 Å². The number of hydrogen-bond acceptors (Lipinski definition) is 4. The molecule has 0 spiro atoms. The van der Waals surface area contributed by atoms with Crippen molar-refractivity contribution in [3.05, 3.63) is 69.8 Å². The third-order valence-electron chi connectivity index (χ3n) is 2.77. The third-order valence-corrected chi connectivity index (χ3v) is 3.39. The molecule has 0 N–H and O–H groups in total. The van der Waals surface area contributed by atoms with Crippen LogP contribution in [0.3, 0.4) is 0 Å². The summed E-state index contributed by atoms with van der Waals surface area (Å²) in [6.45, 7) is 0.324. The zero-order valence-corrected chi connectivity index (χ0v) is 11.9. The van der Waals surface area contributed by atoms with E-state index in [2.05, 4.69) is 0 Å². The molecule has 0 aliphatic rings. The van der Waals surface area contributed by atoms with Crippen LogP contribution in [0, 0.1) is 10.1 Å². The maximum atomic E-state index is 11.0. The molecule has 0 fully saturated rings. The molecular weight excluding hydrogens is 274 g/mol. The van der Waals surface area contributed by atoms with Gasteiger partial charge in [-0.3, -0.25) is 10.1 Å². The maximum absolute atomic E-state index is 11.0. The Balaban J connectivity index is 2.19. The van der Waals surface area contributed by atoms with Crippen molar-refractivity contribution in [2.24, 2.45) is 0 Å². The van der Waals surface area contributed by atoms with Crippen LogP contribution in [0.1, 0.15) is 11.1 Å². The van der Waals surface area contributed by atoms with E-state index < -0.39 is 4.92 Å². The van der Waals surface area contributed by atoms with E-state index in [-0.39, 0.29) is 5.69 Å². The van der Waals surface area contributed by atoms with Crippen molar-refractivity contribution in [2.75, 3.05) is 6.26 Å². The maximum Gasteiger partial charge on any atom is 0.310 e. The van der Waals surface area contributed by atoms with Crippen LogP contribution < -0.4 is 4.74 Å². The van der Waals surface area contributed by atoms with Crippen molar-refractivity contribution in [3.63, 3.8) is 0 Å². The zero-order valence-electron chi connectivity index (χ0n) is 11.1. The largest absolute Gasteiger partial charge is 0.482 e. The molecule has 2 aromatic rings. The summed E-state index contributed by atoms with van der Waals surface area (Å²) in [6, 6.07) is 14.6. The third kappa shape index (κ3) is 3.74. The Kier molecular flexibility index (Phi) is 5.01. The van der Waals surface area contributed by atoms with Gasteiger partial charge in [-0.15, -0.1) is 0 Å². The van der Waals surface area contributed by atoms with Crippen LogP contribution in [0.4, 0.5) is 5.69 Å². The molecule has 0 radical (unpaired) electrons. The van der Waals surface area contributed by atoms with E-state index in [0.717, 1.165) is 16.9 Å². The molecule has 0 bridgehead atoms. The molecule has 0 amide bonds. The van der Waals surface area contributed by atoms with Gasteiger partial charge >= 0.3 is 5.69 Å². The number of nitro groups is 1. The van der Waals surface area contributed by atoms with Crippen LogP contribution in [-0.2, 0) is 12.4 Å². The first kappa shape index (κ1) is 14.4. The molecule has 0 unspecified atom stereocenters. The molecule has 20 heavy (non-hydrogen) atoms. The van der Waals surface area contributed by atoms with Crippen molar-refractivity contribution in [3.8, 4) is 5.75 Å². The second-order valence-corrected chi connectivity index (χ2v) is 5.13. The highest BCUT2D eigenvalue weighted by Crippen LogP contribution is 2.29. The second-order valence-electron chi connectivity index (χ2n) is 4.27. The summed E-state index contributed by atoms with van der Waals surface area (Å²) in [4.78, 5) is 10.6. The molecule has 0 saturated heterocycles. The minimum atomic E-state index is -0.413. The number of nitrogens with zero attached hydrogens (tertiary/aromatic N) is 1. The highest BCUT2D eigenvalue weighted by Gasteiger charge is 2.15. The smallest absolute Gasteiger partial charge is 0.310 e. The lowest BCUT2D eigenvalue weighted by molar-refractivity contribution is -0.386. The standard InChI is InChI=1S/C15H15NO3S/c1-20-11-13-7-8-14(16(17)18)15(9-13)19-10-12-5-3-2-4-6-12/h2-9H,10-11H2,1H3. The van der Waals surface area contributed by atoms with Crippen molar-refractivity contribution in [1.82, 2.24) is 0 Å². The van der Waals surface area contributed by atoms with E-state index in [0.29, 0.717) is 12.4 Å². The van der Waals surface area contributed by atoms with Gasteiger partial charge in [0.15, 0.2) is 5.75 Å². The second kappa shape index (κ2) is 6.96. The lowest BCUT2D eigenvalue weighted by Crippen LogP contribution is -1.99. The van der Waals surface area contributed by atoms with Crippen molar-refractivity contribution >= 4 is 17.4 Å². The van der Waals surface area contributed by atoms with Crippen LogP contribution in [0.5, 0.6) is 5.75 Å².